The highest BCUT2D eigenvalue weighted by Gasteiger charge is 2.21. The molecule has 3 aromatic heterocycles. The first kappa shape index (κ1) is 28.8. The summed E-state index contributed by atoms with van der Waals surface area (Å²) in [6, 6.07) is 64.2. The van der Waals surface area contributed by atoms with Gasteiger partial charge in [-0.05, 0) is 83.9 Å². The highest BCUT2D eigenvalue weighted by atomic mass is 16.3. The normalized spacial score (nSPS) is 11.8. The summed E-state index contributed by atoms with van der Waals surface area (Å²) < 4.78 is 15.3. The first-order valence-electron chi connectivity index (χ1n) is 17.6. The minimum Gasteiger partial charge on any atom is -0.456 e. The van der Waals surface area contributed by atoms with Gasteiger partial charge in [0.1, 0.15) is 16.7 Å². The van der Waals surface area contributed by atoms with Gasteiger partial charge in [-0.15, -0.1) is 0 Å². The molecule has 0 saturated carbocycles. The molecule has 52 heavy (non-hydrogen) atoms. The van der Waals surface area contributed by atoms with E-state index in [0.717, 1.165) is 77.7 Å². The Morgan fingerprint density at radius 2 is 0.962 bits per heavy atom. The fraction of sp³-hybridized carbons (Fsp3) is 0. The molecule has 11 rings (SSSR count). The highest BCUT2D eigenvalue weighted by Crippen LogP contribution is 2.43. The average molecular weight is 667 g/mol. The zero-order valence-electron chi connectivity index (χ0n) is 28.0. The first-order valence-corrected chi connectivity index (χ1v) is 17.6. The number of rotatable bonds is 5. The van der Waals surface area contributed by atoms with E-state index in [1.165, 1.54) is 21.9 Å². The van der Waals surface area contributed by atoms with Crippen molar-refractivity contribution in [1.29, 1.82) is 0 Å². The second-order valence-electron chi connectivity index (χ2n) is 13.3. The number of fused-ring (bicyclic) bond motifs is 9. The summed E-state index contributed by atoms with van der Waals surface area (Å²) in [6.45, 7) is 0. The van der Waals surface area contributed by atoms with Crippen LogP contribution in [0, 0.1) is 0 Å². The van der Waals surface area contributed by atoms with Crippen LogP contribution in [0.25, 0.3) is 82.5 Å². The van der Waals surface area contributed by atoms with Crippen molar-refractivity contribution >= 4 is 82.7 Å². The monoisotopic (exact) mass is 666 g/mol. The third-order valence-corrected chi connectivity index (χ3v) is 10.4. The molecule has 0 aliphatic rings. The fourth-order valence-electron chi connectivity index (χ4n) is 7.98. The molecule has 0 amide bonds. The van der Waals surface area contributed by atoms with E-state index in [4.69, 9.17) is 8.83 Å². The van der Waals surface area contributed by atoms with E-state index in [1.807, 2.05) is 24.3 Å². The zero-order chi connectivity index (χ0) is 34.2. The molecule has 0 unspecified atom stereocenters. The molecule has 0 radical (unpaired) electrons. The lowest BCUT2D eigenvalue weighted by Gasteiger charge is -2.26. The minimum atomic E-state index is 0.860. The Hall–Kier alpha value is -7.04. The Morgan fingerprint density at radius 1 is 0.365 bits per heavy atom. The number of nitrogens with zero attached hydrogens (tertiary/aromatic N) is 2. The van der Waals surface area contributed by atoms with Crippen LogP contribution in [0.3, 0.4) is 0 Å². The van der Waals surface area contributed by atoms with E-state index in [-0.39, 0.29) is 0 Å². The second-order valence-corrected chi connectivity index (χ2v) is 13.3. The molecular formula is C48H30N2O2. The van der Waals surface area contributed by atoms with Crippen LogP contribution in [-0.4, -0.2) is 4.57 Å². The Bertz CT molecular complexity index is 3110. The summed E-state index contributed by atoms with van der Waals surface area (Å²) in [4.78, 5) is 2.30. The predicted molar refractivity (Wildman–Crippen MR) is 215 cm³/mol. The van der Waals surface area contributed by atoms with Gasteiger partial charge in [0.2, 0.25) is 0 Å². The van der Waals surface area contributed by atoms with Gasteiger partial charge in [0.15, 0.2) is 5.58 Å². The Kier molecular flexibility index (Phi) is 6.22. The van der Waals surface area contributed by atoms with Crippen molar-refractivity contribution in [2.75, 3.05) is 4.90 Å². The van der Waals surface area contributed by atoms with Gasteiger partial charge in [-0.3, -0.25) is 0 Å². The van der Waals surface area contributed by atoms with E-state index in [1.54, 1.807) is 0 Å². The van der Waals surface area contributed by atoms with E-state index in [2.05, 4.69) is 167 Å². The smallest absolute Gasteiger partial charge is 0.159 e. The standard InChI is InChI=1S/C48H30N2O2/c1-2-11-31(12-3-1)32-21-23-33(24-22-32)49(43-18-10-16-39-37-14-5-9-20-46(37)52-48(39)43)34-25-27-35(28-26-34)50-42-17-7-4-13-36(42)40-30-47-41(29-44(40)50)38-15-6-8-19-45(38)51-47/h1-30H. The lowest BCUT2D eigenvalue weighted by atomic mass is 10.0. The SMILES string of the molecule is c1ccc(-c2ccc(N(c3ccc(-n4c5ccccc5c5cc6oc7ccccc7c6cc54)cc3)c3cccc4c3oc3ccccc34)cc2)cc1. The number of furan rings is 2. The van der Waals surface area contributed by atoms with E-state index in [0.29, 0.717) is 0 Å². The summed E-state index contributed by atoms with van der Waals surface area (Å²) in [5.41, 5.74) is 12.4. The maximum absolute atomic E-state index is 6.59. The molecule has 0 bridgehead atoms. The molecule has 244 valence electrons. The summed E-state index contributed by atoms with van der Waals surface area (Å²) >= 11 is 0. The molecule has 0 aliphatic carbocycles. The van der Waals surface area contributed by atoms with Gasteiger partial charge in [0.25, 0.3) is 0 Å². The Morgan fingerprint density at radius 3 is 1.73 bits per heavy atom. The van der Waals surface area contributed by atoms with Crippen LogP contribution >= 0.6 is 0 Å². The van der Waals surface area contributed by atoms with Crippen molar-refractivity contribution in [3.05, 3.63) is 182 Å². The maximum atomic E-state index is 6.59. The van der Waals surface area contributed by atoms with Gasteiger partial charge in [-0.2, -0.15) is 0 Å². The summed E-state index contributed by atoms with van der Waals surface area (Å²) in [7, 11) is 0. The average Bonchev–Trinajstić information content (AvgIpc) is 3.88. The molecule has 0 N–H and O–H groups in total. The van der Waals surface area contributed by atoms with Crippen LogP contribution in [-0.2, 0) is 0 Å². The van der Waals surface area contributed by atoms with Crippen LogP contribution < -0.4 is 4.90 Å². The number of hydrogen-bond acceptors (Lipinski definition) is 3. The quantitative estimate of drug-likeness (QED) is 0.183. The van der Waals surface area contributed by atoms with Crippen molar-refractivity contribution < 1.29 is 8.83 Å². The molecule has 0 saturated heterocycles. The number of anilines is 3. The Balaban J connectivity index is 1.10. The van der Waals surface area contributed by atoms with E-state index >= 15 is 0 Å². The number of aromatic nitrogens is 1. The van der Waals surface area contributed by atoms with Crippen molar-refractivity contribution in [1.82, 2.24) is 4.57 Å². The van der Waals surface area contributed by atoms with Crippen LogP contribution in [0.5, 0.6) is 0 Å². The summed E-state index contributed by atoms with van der Waals surface area (Å²) in [6.07, 6.45) is 0. The molecule has 8 aromatic carbocycles. The third-order valence-electron chi connectivity index (χ3n) is 10.4. The van der Waals surface area contributed by atoms with Gasteiger partial charge in [-0.1, -0.05) is 109 Å². The number of para-hydroxylation sites is 4. The van der Waals surface area contributed by atoms with Crippen molar-refractivity contribution in [2.24, 2.45) is 0 Å². The van der Waals surface area contributed by atoms with Crippen LogP contribution in [0.15, 0.2) is 191 Å². The molecule has 0 spiro atoms. The first-order chi connectivity index (χ1) is 25.8. The van der Waals surface area contributed by atoms with Gasteiger partial charge in [0, 0.05) is 49.4 Å². The van der Waals surface area contributed by atoms with Gasteiger partial charge in [0.05, 0.1) is 16.7 Å². The largest absolute Gasteiger partial charge is 0.456 e. The van der Waals surface area contributed by atoms with Crippen LogP contribution in [0.4, 0.5) is 17.1 Å². The molecule has 0 fully saturated rings. The lowest BCUT2D eigenvalue weighted by molar-refractivity contribution is 0.669. The zero-order valence-corrected chi connectivity index (χ0v) is 28.0. The lowest BCUT2D eigenvalue weighted by Crippen LogP contribution is -2.10. The predicted octanol–water partition coefficient (Wildman–Crippen LogP) is 13.7. The second kappa shape index (κ2) is 11.2. The molecule has 0 aliphatic heterocycles. The van der Waals surface area contributed by atoms with Gasteiger partial charge >= 0.3 is 0 Å². The Labute approximate surface area is 299 Å². The van der Waals surface area contributed by atoms with Crippen molar-refractivity contribution in [2.45, 2.75) is 0 Å². The third kappa shape index (κ3) is 4.34. The molecule has 0 atom stereocenters. The number of benzene rings is 8. The van der Waals surface area contributed by atoms with Crippen LogP contribution in [0.2, 0.25) is 0 Å². The maximum Gasteiger partial charge on any atom is 0.159 e. The molecule has 4 nitrogen and oxygen atoms in total. The fourth-order valence-corrected chi connectivity index (χ4v) is 7.98. The summed E-state index contributed by atoms with van der Waals surface area (Å²) in [5, 5.41) is 6.82. The van der Waals surface area contributed by atoms with E-state index < -0.39 is 0 Å². The molecule has 11 aromatic rings. The van der Waals surface area contributed by atoms with Crippen molar-refractivity contribution in [3.63, 3.8) is 0 Å². The van der Waals surface area contributed by atoms with Crippen molar-refractivity contribution in [3.8, 4) is 16.8 Å². The minimum absolute atomic E-state index is 0.860. The number of hydrogen-bond donors (Lipinski definition) is 0. The van der Waals surface area contributed by atoms with Crippen LogP contribution in [0.1, 0.15) is 0 Å². The molecule has 4 heteroatoms. The van der Waals surface area contributed by atoms with Gasteiger partial charge in [-0.25, -0.2) is 0 Å². The molecule has 3 heterocycles. The summed E-state index contributed by atoms with van der Waals surface area (Å²) in [5.74, 6) is 0. The van der Waals surface area contributed by atoms with E-state index in [9.17, 15) is 0 Å². The van der Waals surface area contributed by atoms with Gasteiger partial charge < -0.3 is 18.3 Å². The topological polar surface area (TPSA) is 34.5 Å². The molecular weight excluding hydrogens is 637 g/mol. The highest BCUT2D eigenvalue weighted by molar-refractivity contribution is 6.17.